The van der Waals surface area contributed by atoms with Crippen molar-refractivity contribution in [2.24, 2.45) is 0 Å². The van der Waals surface area contributed by atoms with Crippen LogP contribution in [0.15, 0.2) is 84.9 Å². The second kappa shape index (κ2) is 12.2. The Morgan fingerprint density at radius 1 is 1.06 bits per heavy atom. The number of para-hydroxylation sites is 3. The molecule has 0 saturated carbocycles. The number of rotatable bonds is 9. The molecule has 0 bridgehead atoms. The summed E-state index contributed by atoms with van der Waals surface area (Å²) < 4.78 is 25.4. The number of amides is 2. The molecule has 0 saturated heterocycles. The highest BCUT2D eigenvalue weighted by molar-refractivity contribution is 6.01. The van der Waals surface area contributed by atoms with Crippen molar-refractivity contribution < 1.29 is 28.6 Å². The molecule has 0 heterocycles. The van der Waals surface area contributed by atoms with E-state index >= 15 is 0 Å². The summed E-state index contributed by atoms with van der Waals surface area (Å²) in [5, 5.41) is 14.8. The number of carbonyl (C=O) groups is 2. The van der Waals surface area contributed by atoms with Crippen LogP contribution in [0.4, 0.5) is 26.2 Å². The van der Waals surface area contributed by atoms with Crippen molar-refractivity contribution in [2.45, 2.75) is 19.1 Å². The van der Waals surface area contributed by atoms with E-state index in [1.165, 1.54) is 18.2 Å². The lowest BCUT2D eigenvalue weighted by atomic mass is 10.0. The summed E-state index contributed by atoms with van der Waals surface area (Å²) in [4.78, 5) is 25.1. The van der Waals surface area contributed by atoms with Gasteiger partial charge in [0.15, 0.2) is 17.7 Å². The molecule has 0 spiro atoms. The van der Waals surface area contributed by atoms with Crippen LogP contribution in [-0.4, -0.2) is 29.8 Å². The van der Waals surface area contributed by atoms with Gasteiger partial charge in [-0.2, -0.15) is 0 Å². The van der Waals surface area contributed by atoms with Crippen molar-refractivity contribution in [1.82, 2.24) is 0 Å². The Morgan fingerprint density at radius 3 is 2.46 bits per heavy atom. The Kier molecular flexibility index (Phi) is 8.80. The second-order valence-corrected chi connectivity index (χ2v) is 7.38. The normalized spacial score (nSPS) is 12.6. The standard InChI is InChI=1S/C26H26FN3O5/c1-2-34-23(14-15-24(32)30-21-11-7-6-10-20(21)28)25(17-12-13-22(31)19(27)16-17)35-26(33)29-18-8-4-3-5-9-18/h3-16,23,25,31H,2,28H2,1H3,(H,29,33)(H,30,32)/b15-14+/t23-,25-/m0/s1. The molecule has 0 aliphatic heterocycles. The molecule has 0 radical (unpaired) electrons. The molecule has 3 aromatic rings. The molecule has 3 rings (SSSR count). The number of carbonyl (C=O) groups excluding carboxylic acids is 2. The molecule has 2 atom stereocenters. The molecular weight excluding hydrogens is 453 g/mol. The summed E-state index contributed by atoms with van der Waals surface area (Å²) in [5.74, 6) is -1.93. The lowest BCUT2D eigenvalue weighted by Gasteiger charge is -2.25. The van der Waals surface area contributed by atoms with E-state index in [2.05, 4.69) is 10.6 Å². The van der Waals surface area contributed by atoms with Crippen LogP contribution in [-0.2, 0) is 14.3 Å². The lowest BCUT2D eigenvalue weighted by molar-refractivity contribution is -0.112. The van der Waals surface area contributed by atoms with Gasteiger partial charge in [-0.25, -0.2) is 9.18 Å². The van der Waals surface area contributed by atoms with Gasteiger partial charge in [0.1, 0.15) is 6.10 Å². The predicted molar refractivity (Wildman–Crippen MR) is 131 cm³/mol. The second-order valence-electron chi connectivity index (χ2n) is 7.38. The summed E-state index contributed by atoms with van der Waals surface area (Å²) in [5.41, 5.74) is 7.41. The van der Waals surface area contributed by atoms with Crippen LogP contribution in [0.3, 0.4) is 0 Å². The topological polar surface area (TPSA) is 123 Å². The molecular formula is C26H26FN3O5. The third-order valence-electron chi connectivity index (χ3n) is 4.87. The maximum Gasteiger partial charge on any atom is 0.412 e. The minimum atomic E-state index is -1.14. The zero-order valence-electron chi connectivity index (χ0n) is 19.0. The number of nitrogens with two attached hydrogens (primary N) is 1. The number of halogens is 1. The first kappa shape index (κ1) is 25.3. The van der Waals surface area contributed by atoms with Crippen molar-refractivity contribution in [3.63, 3.8) is 0 Å². The van der Waals surface area contributed by atoms with Gasteiger partial charge in [-0.15, -0.1) is 0 Å². The van der Waals surface area contributed by atoms with Crippen molar-refractivity contribution in [1.29, 1.82) is 0 Å². The van der Waals surface area contributed by atoms with Gasteiger partial charge in [-0.05, 0) is 55.0 Å². The van der Waals surface area contributed by atoms with E-state index in [1.807, 2.05) is 0 Å². The molecule has 0 fully saturated rings. The van der Waals surface area contributed by atoms with Gasteiger partial charge in [-0.1, -0.05) is 36.4 Å². The van der Waals surface area contributed by atoms with E-state index in [0.29, 0.717) is 17.1 Å². The Labute approximate surface area is 202 Å². The summed E-state index contributed by atoms with van der Waals surface area (Å²) in [7, 11) is 0. The van der Waals surface area contributed by atoms with Crippen molar-refractivity contribution in [2.75, 3.05) is 23.0 Å². The van der Waals surface area contributed by atoms with Crippen LogP contribution >= 0.6 is 0 Å². The van der Waals surface area contributed by atoms with Crippen LogP contribution in [0, 0.1) is 5.82 Å². The average Bonchev–Trinajstić information content (AvgIpc) is 2.84. The van der Waals surface area contributed by atoms with Crippen molar-refractivity contribution in [3.8, 4) is 5.75 Å². The molecule has 3 aromatic carbocycles. The number of phenols is 1. The minimum absolute atomic E-state index is 0.211. The number of phenolic OH excluding ortho intramolecular Hbond substituents is 1. The first-order valence-corrected chi connectivity index (χ1v) is 10.8. The fourth-order valence-corrected chi connectivity index (χ4v) is 3.21. The quantitative estimate of drug-likeness (QED) is 0.253. The molecule has 0 aliphatic rings. The molecule has 35 heavy (non-hydrogen) atoms. The lowest BCUT2D eigenvalue weighted by Crippen LogP contribution is -2.28. The molecule has 5 N–H and O–H groups in total. The largest absolute Gasteiger partial charge is 0.505 e. The van der Waals surface area contributed by atoms with Gasteiger partial charge in [-0.3, -0.25) is 10.1 Å². The van der Waals surface area contributed by atoms with Crippen LogP contribution in [0.25, 0.3) is 0 Å². The van der Waals surface area contributed by atoms with Gasteiger partial charge in [0.05, 0.1) is 11.4 Å². The SMILES string of the molecule is CCO[C@@H](/C=C/C(=O)Nc1ccccc1N)[C@@H](OC(=O)Nc1ccccc1)c1ccc(O)c(F)c1. The first-order chi connectivity index (χ1) is 16.9. The Bertz CT molecular complexity index is 1190. The smallest absolute Gasteiger partial charge is 0.412 e. The summed E-state index contributed by atoms with van der Waals surface area (Å²) in [6, 6.07) is 19.0. The Hall–Kier alpha value is -4.37. The fraction of sp³-hybridized carbons (Fsp3) is 0.154. The summed E-state index contributed by atoms with van der Waals surface area (Å²) in [6.07, 6.45) is -0.281. The highest BCUT2D eigenvalue weighted by Gasteiger charge is 2.27. The molecule has 0 aliphatic carbocycles. The fourth-order valence-electron chi connectivity index (χ4n) is 3.21. The third kappa shape index (κ3) is 7.31. The van der Waals surface area contributed by atoms with Gasteiger partial charge in [0, 0.05) is 18.4 Å². The molecule has 182 valence electrons. The molecule has 8 nitrogen and oxygen atoms in total. The zero-order valence-corrected chi connectivity index (χ0v) is 19.0. The van der Waals surface area contributed by atoms with Gasteiger partial charge < -0.3 is 25.6 Å². The monoisotopic (exact) mass is 479 g/mol. The maximum absolute atomic E-state index is 14.1. The number of nitrogens with one attached hydrogen (secondary N) is 2. The Balaban J connectivity index is 1.84. The maximum atomic E-state index is 14.1. The molecule has 0 unspecified atom stereocenters. The number of anilines is 3. The van der Waals surface area contributed by atoms with Crippen molar-refractivity contribution in [3.05, 3.63) is 96.3 Å². The molecule has 0 aromatic heterocycles. The van der Waals surface area contributed by atoms with E-state index in [4.69, 9.17) is 15.2 Å². The highest BCUT2D eigenvalue weighted by Crippen LogP contribution is 2.29. The number of nitrogen functional groups attached to an aromatic ring is 1. The Morgan fingerprint density at radius 2 is 1.77 bits per heavy atom. The van der Waals surface area contributed by atoms with E-state index < -0.39 is 35.8 Å². The number of aromatic hydroxyl groups is 1. The summed E-state index contributed by atoms with van der Waals surface area (Å²) in [6.45, 7) is 1.94. The van der Waals surface area contributed by atoms with Gasteiger partial charge >= 0.3 is 6.09 Å². The minimum Gasteiger partial charge on any atom is -0.505 e. The van der Waals surface area contributed by atoms with E-state index in [-0.39, 0.29) is 12.2 Å². The predicted octanol–water partition coefficient (Wildman–Crippen LogP) is 5.00. The van der Waals surface area contributed by atoms with Crippen LogP contribution in [0.5, 0.6) is 5.75 Å². The number of hydrogen-bond donors (Lipinski definition) is 4. The van der Waals surface area contributed by atoms with Crippen LogP contribution in [0.1, 0.15) is 18.6 Å². The van der Waals surface area contributed by atoms with Gasteiger partial charge in [0.25, 0.3) is 0 Å². The number of hydrogen-bond acceptors (Lipinski definition) is 6. The third-order valence-corrected chi connectivity index (χ3v) is 4.87. The average molecular weight is 480 g/mol. The number of benzene rings is 3. The summed E-state index contributed by atoms with van der Waals surface area (Å²) >= 11 is 0. The first-order valence-electron chi connectivity index (χ1n) is 10.8. The van der Waals surface area contributed by atoms with E-state index in [9.17, 15) is 19.1 Å². The van der Waals surface area contributed by atoms with Crippen LogP contribution < -0.4 is 16.4 Å². The van der Waals surface area contributed by atoms with Crippen molar-refractivity contribution >= 4 is 29.1 Å². The number of ether oxygens (including phenoxy) is 2. The van der Waals surface area contributed by atoms with Gasteiger partial charge in [0.2, 0.25) is 5.91 Å². The van der Waals surface area contributed by atoms with E-state index in [1.54, 1.807) is 61.5 Å². The molecule has 2 amide bonds. The molecule has 9 heteroatoms. The van der Waals surface area contributed by atoms with Crippen LogP contribution in [0.2, 0.25) is 0 Å². The highest BCUT2D eigenvalue weighted by atomic mass is 19.1. The zero-order chi connectivity index (χ0) is 25.2. The van der Waals surface area contributed by atoms with E-state index in [0.717, 1.165) is 12.1 Å².